The summed E-state index contributed by atoms with van der Waals surface area (Å²) in [4.78, 5) is 17.9. The lowest BCUT2D eigenvalue weighted by atomic mass is 9.93. The highest BCUT2D eigenvalue weighted by atomic mass is 35.5. The summed E-state index contributed by atoms with van der Waals surface area (Å²) >= 11 is 6.03. The molecule has 1 unspecified atom stereocenters. The Morgan fingerprint density at radius 2 is 2.29 bits per heavy atom. The van der Waals surface area contributed by atoms with Crippen molar-refractivity contribution in [2.45, 2.75) is 25.7 Å². The van der Waals surface area contributed by atoms with Gasteiger partial charge in [-0.3, -0.25) is 4.79 Å². The van der Waals surface area contributed by atoms with Crippen molar-refractivity contribution < 1.29 is 4.79 Å². The maximum Gasteiger partial charge on any atom is 0.217 e. The Balaban J connectivity index is 1.87. The predicted octanol–water partition coefficient (Wildman–Crippen LogP) is 3.24. The molecule has 1 aliphatic rings. The molecule has 0 radical (unpaired) electrons. The monoisotopic (exact) mass is 342 g/mol. The fourth-order valence-electron chi connectivity index (χ4n) is 3.29. The molecular formula is C18H19ClN4O. The lowest BCUT2D eigenvalue weighted by Crippen LogP contribution is -2.36. The van der Waals surface area contributed by atoms with E-state index < -0.39 is 0 Å². The van der Waals surface area contributed by atoms with Gasteiger partial charge in [-0.15, -0.1) is 0 Å². The van der Waals surface area contributed by atoms with Crippen LogP contribution >= 0.6 is 11.6 Å². The van der Waals surface area contributed by atoms with Crippen LogP contribution in [0.5, 0.6) is 0 Å². The van der Waals surface area contributed by atoms with Crippen LogP contribution in [-0.2, 0) is 4.79 Å². The third-order valence-electron chi connectivity index (χ3n) is 4.52. The molecule has 2 N–H and O–H groups in total. The third-order valence-corrected chi connectivity index (χ3v) is 4.75. The van der Waals surface area contributed by atoms with Crippen molar-refractivity contribution in [3.05, 3.63) is 34.9 Å². The number of aromatic nitrogens is 1. The van der Waals surface area contributed by atoms with Crippen LogP contribution in [0.2, 0.25) is 5.02 Å². The molecule has 6 heteroatoms. The Labute approximate surface area is 146 Å². The summed E-state index contributed by atoms with van der Waals surface area (Å²) in [6.07, 6.45) is 3.37. The maximum absolute atomic E-state index is 11.0. The molecule has 1 saturated heterocycles. The molecule has 24 heavy (non-hydrogen) atoms. The molecule has 1 aliphatic heterocycles. The average molecular weight is 343 g/mol. The normalized spacial score (nSPS) is 17.7. The minimum Gasteiger partial charge on any atom is -0.370 e. The molecule has 0 spiro atoms. The lowest BCUT2D eigenvalue weighted by Gasteiger charge is -2.33. The molecule has 2 heterocycles. The largest absolute Gasteiger partial charge is 0.370 e. The topological polar surface area (TPSA) is 83.0 Å². The number of carbonyl (C=O) groups is 1. The van der Waals surface area contributed by atoms with E-state index in [0.717, 1.165) is 49.1 Å². The van der Waals surface area contributed by atoms with E-state index in [1.54, 1.807) is 12.1 Å². The van der Waals surface area contributed by atoms with Crippen molar-refractivity contribution in [2.24, 2.45) is 11.7 Å². The van der Waals surface area contributed by atoms with Gasteiger partial charge < -0.3 is 10.6 Å². The number of fused-ring (bicyclic) bond motifs is 1. The van der Waals surface area contributed by atoms with E-state index >= 15 is 0 Å². The van der Waals surface area contributed by atoms with Gasteiger partial charge in [0, 0.05) is 29.9 Å². The van der Waals surface area contributed by atoms with Crippen LogP contribution in [-0.4, -0.2) is 24.0 Å². The summed E-state index contributed by atoms with van der Waals surface area (Å²) in [5.41, 5.74) is 6.61. The van der Waals surface area contributed by atoms with Gasteiger partial charge in [-0.1, -0.05) is 11.6 Å². The summed E-state index contributed by atoms with van der Waals surface area (Å²) < 4.78 is 0. The average Bonchev–Trinajstić information content (AvgIpc) is 2.59. The summed E-state index contributed by atoms with van der Waals surface area (Å²) in [6, 6.07) is 9.48. The van der Waals surface area contributed by atoms with E-state index in [1.165, 1.54) is 0 Å². The number of nitriles is 1. The van der Waals surface area contributed by atoms with E-state index in [0.29, 0.717) is 22.9 Å². The molecule has 0 saturated carbocycles. The van der Waals surface area contributed by atoms with Crippen LogP contribution in [0.4, 0.5) is 5.82 Å². The number of rotatable bonds is 4. The molecule has 5 nitrogen and oxygen atoms in total. The Hall–Kier alpha value is -2.32. The van der Waals surface area contributed by atoms with Gasteiger partial charge in [0.25, 0.3) is 0 Å². The number of benzene rings is 1. The Morgan fingerprint density at radius 1 is 1.46 bits per heavy atom. The van der Waals surface area contributed by atoms with Crippen LogP contribution < -0.4 is 10.6 Å². The number of carbonyl (C=O) groups excluding carboxylic acids is 1. The molecule has 1 amide bonds. The molecule has 3 rings (SSSR count). The minimum absolute atomic E-state index is 0.250. The van der Waals surface area contributed by atoms with Crippen molar-refractivity contribution in [3.8, 4) is 6.07 Å². The summed E-state index contributed by atoms with van der Waals surface area (Å²) in [5.74, 6) is 0.990. The second kappa shape index (κ2) is 7.06. The highest BCUT2D eigenvalue weighted by molar-refractivity contribution is 6.31. The zero-order chi connectivity index (χ0) is 17.1. The quantitative estimate of drug-likeness (QED) is 0.924. The van der Waals surface area contributed by atoms with Crippen molar-refractivity contribution in [1.82, 2.24) is 4.98 Å². The van der Waals surface area contributed by atoms with Crippen LogP contribution in [0.3, 0.4) is 0 Å². The summed E-state index contributed by atoms with van der Waals surface area (Å²) in [6.45, 7) is 1.74. The molecule has 1 atom stereocenters. The first-order valence-corrected chi connectivity index (χ1v) is 8.48. The molecule has 1 aromatic heterocycles. The van der Waals surface area contributed by atoms with Crippen LogP contribution in [0.15, 0.2) is 24.3 Å². The number of hydrogen-bond donors (Lipinski definition) is 1. The van der Waals surface area contributed by atoms with E-state index in [1.807, 2.05) is 12.1 Å². The van der Waals surface area contributed by atoms with E-state index in [4.69, 9.17) is 22.3 Å². The Kier molecular flexibility index (Phi) is 4.86. The molecular weight excluding hydrogens is 324 g/mol. The van der Waals surface area contributed by atoms with Gasteiger partial charge in [0.2, 0.25) is 5.91 Å². The van der Waals surface area contributed by atoms with Gasteiger partial charge in [0.1, 0.15) is 5.82 Å². The molecule has 1 fully saturated rings. The fraction of sp³-hybridized carbons (Fsp3) is 0.389. The molecule has 2 aromatic rings. The van der Waals surface area contributed by atoms with Crippen LogP contribution in [0.1, 0.15) is 31.2 Å². The van der Waals surface area contributed by atoms with Crippen molar-refractivity contribution >= 4 is 34.2 Å². The Morgan fingerprint density at radius 3 is 3.04 bits per heavy atom. The first-order chi connectivity index (χ1) is 11.6. The van der Waals surface area contributed by atoms with Crippen molar-refractivity contribution in [3.63, 3.8) is 0 Å². The number of pyridine rings is 1. The fourth-order valence-corrected chi connectivity index (χ4v) is 3.47. The first kappa shape index (κ1) is 16.5. The second-order valence-corrected chi connectivity index (χ2v) is 6.70. The standard InChI is InChI=1S/C18H19ClN4O/c19-14-4-5-16-15(9-14)13(10-20)8-18(22-16)23-7-1-2-12(11-23)3-6-17(21)24/h4-5,8-9,12H,1-3,6-7,11H2,(H2,21,24). The molecule has 0 aliphatic carbocycles. The van der Waals surface area contributed by atoms with E-state index in [-0.39, 0.29) is 5.91 Å². The number of primary amides is 1. The number of piperidine rings is 1. The van der Waals surface area contributed by atoms with E-state index in [2.05, 4.69) is 11.0 Å². The molecule has 0 bridgehead atoms. The van der Waals surface area contributed by atoms with Crippen molar-refractivity contribution in [2.75, 3.05) is 18.0 Å². The minimum atomic E-state index is -0.250. The van der Waals surface area contributed by atoms with E-state index in [9.17, 15) is 10.1 Å². The van der Waals surface area contributed by atoms with Gasteiger partial charge in [0.05, 0.1) is 17.1 Å². The molecule has 124 valence electrons. The highest BCUT2D eigenvalue weighted by Crippen LogP contribution is 2.29. The summed E-state index contributed by atoms with van der Waals surface area (Å²) in [7, 11) is 0. The zero-order valence-electron chi connectivity index (χ0n) is 13.3. The van der Waals surface area contributed by atoms with Crippen molar-refractivity contribution in [1.29, 1.82) is 5.26 Å². The SMILES string of the molecule is N#Cc1cc(N2CCCC(CCC(N)=O)C2)nc2ccc(Cl)cc12. The predicted molar refractivity (Wildman–Crippen MR) is 94.8 cm³/mol. The number of nitrogens with zero attached hydrogens (tertiary/aromatic N) is 3. The lowest BCUT2D eigenvalue weighted by molar-refractivity contribution is -0.118. The van der Waals surface area contributed by atoms with Gasteiger partial charge in [0.15, 0.2) is 0 Å². The zero-order valence-corrected chi connectivity index (χ0v) is 14.1. The number of anilines is 1. The number of amides is 1. The number of nitrogens with two attached hydrogens (primary N) is 1. The van der Waals surface area contributed by atoms with Gasteiger partial charge in [-0.2, -0.15) is 5.26 Å². The second-order valence-electron chi connectivity index (χ2n) is 6.26. The summed E-state index contributed by atoms with van der Waals surface area (Å²) in [5, 5.41) is 10.8. The maximum atomic E-state index is 11.0. The number of hydrogen-bond acceptors (Lipinski definition) is 4. The molecule has 1 aromatic carbocycles. The van der Waals surface area contributed by atoms with Crippen LogP contribution in [0, 0.1) is 17.2 Å². The Bertz CT molecular complexity index is 815. The smallest absolute Gasteiger partial charge is 0.217 e. The van der Waals surface area contributed by atoms with Crippen LogP contribution in [0.25, 0.3) is 10.9 Å². The highest BCUT2D eigenvalue weighted by Gasteiger charge is 2.22. The first-order valence-electron chi connectivity index (χ1n) is 8.10. The number of halogens is 1. The van der Waals surface area contributed by atoms with Gasteiger partial charge in [-0.25, -0.2) is 4.98 Å². The van der Waals surface area contributed by atoms with Gasteiger partial charge in [-0.05, 0) is 49.4 Å². The third kappa shape index (κ3) is 3.60. The van der Waals surface area contributed by atoms with Gasteiger partial charge >= 0.3 is 0 Å².